The molecule has 0 saturated heterocycles. The zero-order chi connectivity index (χ0) is 14.7. The van der Waals surface area contributed by atoms with Gasteiger partial charge in [-0.05, 0) is 30.7 Å². The van der Waals surface area contributed by atoms with Crippen LogP contribution in [0.4, 0.5) is 15.8 Å². The minimum atomic E-state index is -0.453. The number of benzene rings is 2. The highest BCUT2D eigenvalue weighted by molar-refractivity contribution is 7.98. The van der Waals surface area contributed by atoms with Crippen molar-refractivity contribution in [2.24, 2.45) is 0 Å². The largest absolute Gasteiger partial charge is 0.396 e. The maximum Gasteiger partial charge on any atom is 0.272 e. The van der Waals surface area contributed by atoms with E-state index in [4.69, 9.17) is 5.73 Å². The third-order valence-corrected chi connectivity index (χ3v) is 4.02. The molecule has 2 rings (SSSR count). The summed E-state index contributed by atoms with van der Waals surface area (Å²) in [6, 6.07) is 9.58. The fourth-order valence-electron chi connectivity index (χ4n) is 1.78. The number of rotatable bonds is 4. The van der Waals surface area contributed by atoms with Gasteiger partial charge in [0.2, 0.25) is 0 Å². The number of anilines is 1. The lowest BCUT2D eigenvalue weighted by atomic mass is 10.1. The molecule has 0 aromatic heterocycles. The molecule has 20 heavy (non-hydrogen) atoms. The Morgan fingerprint density at radius 1 is 1.35 bits per heavy atom. The first kappa shape index (κ1) is 14.3. The zero-order valence-corrected chi connectivity index (χ0v) is 11.6. The van der Waals surface area contributed by atoms with E-state index in [9.17, 15) is 14.5 Å². The van der Waals surface area contributed by atoms with E-state index in [1.165, 1.54) is 30.0 Å². The third kappa shape index (κ3) is 3.08. The van der Waals surface area contributed by atoms with Gasteiger partial charge in [0.15, 0.2) is 0 Å². The second-order valence-corrected chi connectivity index (χ2v) is 5.34. The van der Waals surface area contributed by atoms with Crippen LogP contribution in [0.25, 0.3) is 0 Å². The van der Waals surface area contributed by atoms with Crippen LogP contribution in [0, 0.1) is 22.9 Å². The number of nitrogens with zero attached hydrogens (tertiary/aromatic N) is 1. The van der Waals surface area contributed by atoms with Gasteiger partial charge in [0.1, 0.15) is 5.82 Å². The van der Waals surface area contributed by atoms with Crippen LogP contribution in [0.5, 0.6) is 0 Å². The molecular weight excluding hydrogens is 279 g/mol. The van der Waals surface area contributed by atoms with Gasteiger partial charge in [-0.15, -0.1) is 11.8 Å². The summed E-state index contributed by atoms with van der Waals surface area (Å²) >= 11 is 1.41. The number of nitrogens with two attached hydrogens (primary N) is 1. The standard InChI is InChI=1S/C14H13FN2O2S/c1-9-10(3-2-4-14(9)17(18)19)8-20-11-5-6-13(16)12(15)7-11/h2-7H,8,16H2,1H3. The Kier molecular flexibility index (Phi) is 4.24. The quantitative estimate of drug-likeness (QED) is 0.401. The molecule has 0 aliphatic rings. The number of nitro benzene ring substituents is 1. The van der Waals surface area contributed by atoms with E-state index in [1.54, 1.807) is 19.1 Å². The van der Waals surface area contributed by atoms with Gasteiger partial charge in [-0.1, -0.05) is 12.1 Å². The van der Waals surface area contributed by atoms with Crippen molar-refractivity contribution < 1.29 is 9.31 Å². The van der Waals surface area contributed by atoms with Gasteiger partial charge < -0.3 is 5.73 Å². The number of hydrogen-bond acceptors (Lipinski definition) is 4. The first-order valence-corrected chi connectivity index (χ1v) is 6.88. The number of thioether (sulfide) groups is 1. The summed E-state index contributed by atoms with van der Waals surface area (Å²) in [7, 11) is 0. The topological polar surface area (TPSA) is 69.2 Å². The summed E-state index contributed by atoms with van der Waals surface area (Å²) < 4.78 is 13.3. The maximum atomic E-state index is 13.3. The van der Waals surface area contributed by atoms with Crippen molar-refractivity contribution in [2.45, 2.75) is 17.6 Å². The van der Waals surface area contributed by atoms with Gasteiger partial charge in [-0.2, -0.15) is 0 Å². The molecule has 0 amide bonds. The van der Waals surface area contributed by atoms with Crippen molar-refractivity contribution in [1.82, 2.24) is 0 Å². The molecular formula is C14H13FN2O2S. The van der Waals surface area contributed by atoms with Crippen molar-refractivity contribution in [3.8, 4) is 0 Å². The normalized spacial score (nSPS) is 10.5. The lowest BCUT2D eigenvalue weighted by Crippen LogP contribution is -1.95. The zero-order valence-electron chi connectivity index (χ0n) is 10.8. The fraction of sp³-hybridized carbons (Fsp3) is 0.143. The summed E-state index contributed by atoms with van der Waals surface area (Å²) in [5.74, 6) is 0.0856. The molecule has 0 fully saturated rings. The molecule has 0 aliphatic heterocycles. The number of nitrogen functional groups attached to an aromatic ring is 1. The average Bonchev–Trinajstić information content (AvgIpc) is 2.41. The lowest BCUT2D eigenvalue weighted by Gasteiger charge is -2.07. The SMILES string of the molecule is Cc1c(CSc2ccc(N)c(F)c2)cccc1[N+](=O)[O-]. The third-order valence-electron chi connectivity index (χ3n) is 2.98. The van der Waals surface area contributed by atoms with Crippen molar-refractivity contribution in [2.75, 3.05) is 5.73 Å². The average molecular weight is 292 g/mol. The van der Waals surface area contributed by atoms with Crippen LogP contribution < -0.4 is 5.73 Å². The van der Waals surface area contributed by atoms with Crippen LogP contribution in [0.15, 0.2) is 41.3 Å². The predicted molar refractivity (Wildman–Crippen MR) is 78.2 cm³/mol. The van der Waals surface area contributed by atoms with Crippen molar-refractivity contribution in [3.05, 3.63) is 63.5 Å². The van der Waals surface area contributed by atoms with Gasteiger partial charge >= 0.3 is 0 Å². The molecule has 0 heterocycles. The highest BCUT2D eigenvalue weighted by atomic mass is 32.2. The van der Waals surface area contributed by atoms with Gasteiger partial charge in [0.25, 0.3) is 5.69 Å². The maximum absolute atomic E-state index is 13.3. The Bertz CT molecular complexity index is 662. The molecule has 0 saturated carbocycles. The number of hydrogen-bond donors (Lipinski definition) is 1. The van der Waals surface area contributed by atoms with E-state index in [1.807, 2.05) is 6.07 Å². The molecule has 0 bridgehead atoms. The van der Waals surface area contributed by atoms with Crippen LogP contribution in [-0.4, -0.2) is 4.92 Å². The van der Waals surface area contributed by atoms with E-state index in [0.29, 0.717) is 11.3 Å². The molecule has 2 aromatic rings. The molecule has 2 N–H and O–H groups in total. The fourth-order valence-corrected chi connectivity index (χ4v) is 2.77. The van der Waals surface area contributed by atoms with E-state index >= 15 is 0 Å². The molecule has 6 heteroatoms. The summed E-state index contributed by atoms with van der Waals surface area (Å²) in [5.41, 5.74) is 7.13. The second kappa shape index (κ2) is 5.92. The van der Waals surface area contributed by atoms with Crippen LogP contribution in [0.1, 0.15) is 11.1 Å². The summed E-state index contributed by atoms with van der Waals surface area (Å²) in [6.07, 6.45) is 0. The van der Waals surface area contributed by atoms with Crippen molar-refractivity contribution >= 4 is 23.1 Å². The van der Waals surface area contributed by atoms with E-state index < -0.39 is 10.7 Å². The Labute approximate surface area is 119 Å². The molecule has 2 aromatic carbocycles. The minimum Gasteiger partial charge on any atom is -0.396 e. The smallest absolute Gasteiger partial charge is 0.272 e. The Balaban J connectivity index is 2.17. The highest BCUT2D eigenvalue weighted by Gasteiger charge is 2.13. The van der Waals surface area contributed by atoms with Gasteiger partial charge in [-0.3, -0.25) is 10.1 Å². The molecule has 104 valence electrons. The van der Waals surface area contributed by atoms with E-state index in [2.05, 4.69) is 0 Å². The first-order valence-electron chi connectivity index (χ1n) is 5.89. The van der Waals surface area contributed by atoms with Crippen LogP contribution in [0.2, 0.25) is 0 Å². The highest BCUT2D eigenvalue weighted by Crippen LogP contribution is 2.29. The van der Waals surface area contributed by atoms with E-state index in [0.717, 1.165) is 10.5 Å². The van der Waals surface area contributed by atoms with Gasteiger partial charge in [-0.25, -0.2) is 4.39 Å². The second-order valence-electron chi connectivity index (χ2n) is 4.29. The Hall–Kier alpha value is -2.08. The summed E-state index contributed by atoms with van der Waals surface area (Å²) in [5, 5.41) is 10.9. The van der Waals surface area contributed by atoms with E-state index in [-0.39, 0.29) is 11.4 Å². The first-order chi connectivity index (χ1) is 9.49. The van der Waals surface area contributed by atoms with Crippen molar-refractivity contribution in [3.63, 3.8) is 0 Å². The molecule has 0 atom stereocenters. The summed E-state index contributed by atoms with van der Waals surface area (Å²) in [4.78, 5) is 11.2. The molecule has 0 aliphatic carbocycles. The minimum absolute atomic E-state index is 0.103. The van der Waals surface area contributed by atoms with Crippen LogP contribution in [0.3, 0.4) is 0 Å². The number of halogens is 1. The Morgan fingerprint density at radius 2 is 2.10 bits per heavy atom. The predicted octanol–water partition coefficient (Wildman–Crippen LogP) is 3.92. The lowest BCUT2D eigenvalue weighted by molar-refractivity contribution is -0.385. The van der Waals surface area contributed by atoms with Crippen LogP contribution >= 0.6 is 11.8 Å². The molecule has 0 spiro atoms. The summed E-state index contributed by atoms with van der Waals surface area (Å²) in [6.45, 7) is 1.72. The van der Waals surface area contributed by atoms with Gasteiger partial charge in [0, 0.05) is 22.3 Å². The van der Waals surface area contributed by atoms with Crippen molar-refractivity contribution in [1.29, 1.82) is 0 Å². The monoisotopic (exact) mass is 292 g/mol. The Morgan fingerprint density at radius 3 is 2.75 bits per heavy atom. The molecule has 4 nitrogen and oxygen atoms in total. The van der Waals surface area contributed by atoms with Gasteiger partial charge in [0.05, 0.1) is 10.6 Å². The molecule has 0 radical (unpaired) electrons. The molecule has 0 unspecified atom stereocenters. The van der Waals surface area contributed by atoms with Crippen LogP contribution in [-0.2, 0) is 5.75 Å². The number of nitro groups is 1.